The topological polar surface area (TPSA) is 48.4 Å². The number of esters is 1. The number of aryl methyl sites for hydroxylation is 1. The number of unbranched alkanes of at least 4 members (excludes halogenated alkanes) is 2. The van der Waals surface area contributed by atoms with Gasteiger partial charge in [0.05, 0.1) is 12.2 Å². The number of ether oxygens (including phenoxy) is 2. The van der Waals surface area contributed by atoms with Gasteiger partial charge in [-0.2, -0.15) is 0 Å². The molecule has 2 rings (SSSR count). The quantitative estimate of drug-likeness (QED) is 0.509. The van der Waals surface area contributed by atoms with Crippen LogP contribution in [0.4, 0.5) is 4.39 Å². The van der Waals surface area contributed by atoms with Gasteiger partial charge in [0.2, 0.25) is 0 Å². The zero-order chi connectivity index (χ0) is 17.4. The average molecular weight is 331 g/mol. The molecule has 0 radical (unpaired) electrons. The Labute approximate surface area is 141 Å². The van der Waals surface area contributed by atoms with E-state index in [1.165, 1.54) is 24.6 Å². The Balaban J connectivity index is 2.01. The first-order chi connectivity index (χ1) is 11.6. The van der Waals surface area contributed by atoms with Crippen LogP contribution in [0, 0.1) is 5.82 Å². The SMILES string of the molecule is CCCCCc1ccc(Oc2ncc(C(=O)OCC)cc2F)cc1. The van der Waals surface area contributed by atoms with E-state index in [2.05, 4.69) is 11.9 Å². The van der Waals surface area contributed by atoms with E-state index in [-0.39, 0.29) is 18.1 Å². The average Bonchev–Trinajstić information content (AvgIpc) is 2.58. The molecule has 1 aromatic carbocycles. The molecule has 1 aromatic heterocycles. The largest absolute Gasteiger partial charge is 0.462 e. The summed E-state index contributed by atoms with van der Waals surface area (Å²) in [6.45, 7) is 4.08. The highest BCUT2D eigenvalue weighted by Gasteiger charge is 2.13. The second kappa shape index (κ2) is 9.01. The predicted molar refractivity (Wildman–Crippen MR) is 89.9 cm³/mol. The lowest BCUT2D eigenvalue weighted by Gasteiger charge is -2.08. The van der Waals surface area contributed by atoms with Gasteiger partial charge in [0, 0.05) is 6.20 Å². The lowest BCUT2D eigenvalue weighted by Crippen LogP contribution is -2.06. The molecule has 5 heteroatoms. The fourth-order valence-electron chi connectivity index (χ4n) is 2.24. The van der Waals surface area contributed by atoms with Crippen LogP contribution in [0.5, 0.6) is 11.6 Å². The zero-order valence-electron chi connectivity index (χ0n) is 14.0. The summed E-state index contributed by atoms with van der Waals surface area (Å²) in [7, 11) is 0. The third-order valence-corrected chi connectivity index (χ3v) is 3.53. The number of hydrogen-bond acceptors (Lipinski definition) is 4. The Kier molecular flexibility index (Phi) is 6.73. The molecule has 0 aliphatic rings. The van der Waals surface area contributed by atoms with Gasteiger partial charge < -0.3 is 9.47 Å². The first-order valence-corrected chi connectivity index (χ1v) is 8.23. The molecule has 0 atom stereocenters. The van der Waals surface area contributed by atoms with E-state index in [0.717, 1.165) is 18.9 Å². The van der Waals surface area contributed by atoms with Gasteiger partial charge in [-0.3, -0.25) is 0 Å². The highest BCUT2D eigenvalue weighted by molar-refractivity contribution is 5.89. The molecule has 0 aliphatic heterocycles. The van der Waals surface area contributed by atoms with Crippen LogP contribution < -0.4 is 4.74 Å². The van der Waals surface area contributed by atoms with Crippen LogP contribution in [-0.2, 0) is 11.2 Å². The van der Waals surface area contributed by atoms with Crippen molar-refractivity contribution in [1.29, 1.82) is 0 Å². The molecule has 24 heavy (non-hydrogen) atoms. The van der Waals surface area contributed by atoms with Gasteiger partial charge in [-0.05, 0) is 43.5 Å². The molecule has 0 N–H and O–H groups in total. The molecule has 0 amide bonds. The van der Waals surface area contributed by atoms with E-state index < -0.39 is 11.8 Å². The molecule has 0 spiro atoms. The van der Waals surface area contributed by atoms with Gasteiger partial charge in [-0.15, -0.1) is 0 Å². The van der Waals surface area contributed by atoms with Crippen LogP contribution in [0.3, 0.4) is 0 Å². The summed E-state index contributed by atoms with van der Waals surface area (Å²) in [5.74, 6) is -0.967. The van der Waals surface area contributed by atoms with Crippen molar-refractivity contribution in [2.75, 3.05) is 6.61 Å². The Morgan fingerprint density at radius 2 is 1.92 bits per heavy atom. The summed E-state index contributed by atoms with van der Waals surface area (Å²) in [5.41, 5.74) is 1.29. The van der Waals surface area contributed by atoms with Crippen molar-refractivity contribution in [3.8, 4) is 11.6 Å². The highest BCUT2D eigenvalue weighted by Crippen LogP contribution is 2.23. The maximum absolute atomic E-state index is 14.0. The molecular weight excluding hydrogens is 309 g/mol. The van der Waals surface area contributed by atoms with Crippen LogP contribution in [-0.4, -0.2) is 17.6 Å². The van der Waals surface area contributed by atoms with Crippen molar-refractivity contribution >= 4 is 5.97 Å². The number of nitrogens with zero attached hydrogens (tertiary/aromatic N) is 1. The molecule has 1 heterocycles. The molecular formula is C19H22FNO3. The third kappa shape index (κ3) is 5.05. The van der Waals surface area contributed by atoms with Gasteiger partial charge >= 0.3 is 5.97 Å². The summed E-state index contributed by atoms with van der Waals surface area (Å²) < 4.78 is 24.3. The number of benzene rings is 1. The van der Waals surface area contributed by atoms with Gasteiger partial charge in [-0.25, -0.2) is 14.2 Å². The lowest BCUT2D eigenvalue weighted by molar-refractivity contribution is 0.0525. The van der Waals surface area contributed by atoms with E-state index in [1.54, 1.807) is 19.1 Å². The van der Waals surface area contributed by atoms with Crippen LogP contribution in [0.1, 0.15) is 49.0 Å². The first-order valence-electron chi connectivity index (χ1n) is 8.23. The standard InChI is InChI=1S/C19H22FNO3/c1-3-5-6-7-14-8-10-16(11-9-14)24-18-17(20)12-15(13-21-18)19(22)23-4-2/h8-13H,3-7H2,1-2H3. The monoisotopic (exact) mass is 331 g/mol. The van der Waals surface area contributed by atoms with E-state index in [0.29, 0.717) is 5.75 Å². The molecule has 0 fully saturated rings. The van der Waals surface area contributed by atoms with Gasteiger partial charge in [0.25, 0.3) is 5.88 Å². The zero-order valence-corrected chi connectivity index (χ0v) is 14.0. The van der Waals surface area contributed by atoms with Crippen molar-refractivity contribution in [3.05, 3.63) is 53.5 Å². The fourth-order valence-corrected chi connectivity index (χ4v) is 2.24. The number of carbonyl (C=O) groups excluding carboxylic acids is 1. The van der Waals surface area contributed by atoms with E-state index >= 15 is 0 Å². The normalized spacial score (nSPS) is 10.5. The maximum Gasteiger partial charge on any atom is 0.339 e. The van der Waals surface area contributed by atoms with Crippen molar-refractivity contribution < 1.29 is 18.7 Å². The molecule has 2 aromatic rings. The summed E-state index contributed by atoms with van der Waals surface area (Å²) in [6.07, 6.45) is 5.82. The number of carbonyl (C=O) groups is 1. The summed E-state index contributed by atoms with van der Waals surface area (Å²) >= 11 is 0. The number of aromatic nitrogens is 1. The van der Waals surface area contributed by atoms with Crippen LogP contribution in [0.2, 0.25) is 0 Å². The fraction of sp³-hybridized carbons (Fsp3) is 0.368. The molecule has 0 saturated heterocycles. The summed E-state index contributed by atoms with van der Waals surface area (Å²) in [4.78, 5) is 15.4. The molecule has 0 saturated carbocycles. The second-order valence-electron chi connectivity index (χ2n) is 5.43. The number of pyridine rings is 1. The second-order valence-corrected chi connectivity index (χ2v) is 5.43. The van der Waals surface area contributed by atoms with E-state index in [1.807, 2.05) is 12.1 Å². The summed E-state index contributed by atoms with van der Waals surface area (Å²) in [6, 6.07) is 8.59. The Bertz CT molecular complexity index is 671. The van der Waals surface area contributed by atoms with Crippen molar-refractivity contribution in [3.63, 3.8) is 0 Å². The number of hydrogen-bond donors (Lipinski definition) is 0. The Morgan fingerprint density at radius 3 is 2.54 bits per heavy atom. The number of halogens is 1. The minimum absolute atomic E-state index is 0.0629. The highest BCUT2D eigenvalue weighted by atomic mass is 19.1. The maximum atomic E-state index is 14.0. The van der Waals surface area contributed by atoms with Crippen LogP contribution in [0.25, 0.3) is 0 Å². The van der Waals surface area contributed by atoms with Crippen molar-refractivity contribution in [2.24, 2.45) is 0 Å². The third-order valence-electron chi connectivity index (χ3n) is 3.53. The van der Waals surface area contributed by atoms with Crippen molar-refractivity contribution in [2.45, 2.75) is 39.5 Å². The molecule has 4 nitrogen and oxygen atoms in total. The smallest absolute Gasteiger partial charge is 0.339 e. The van der Waals surface area contributed by atoms with Crippen molar-refractivity contribution in [1.82, 2.24) is 4.98 Å². The predicted octanol–water partition coefficient (Wildman–Crippen LogP) is 4.92. The lowest BCUT2D eigenvalue weighted by atomic mass is 10.1. The van der Waals surface area contributed by atoms with E-state index in [9.17, 15) is 9.18 Å². The minimum Gasteiger partial charge on any atom is -0.462 e. The Hall–Kier alpha value is -2.43. The van der Waals surface area contributed by atoms with Crippen LogP contribution in [0.15, 0.2) is 36.5 Å². The first kappa shape index (κ1) is 17.9. The molecule has 0 bridgehead atoms. The summed E-state index contributed by atoms with van der Waals surface area (Å²) in [5, 5.41) is 0. The van der Waals surface area contributed by atoms with Gasteiger partial charge in [0.15, 0.2) is 5.82 Å². The van der Waals surface area contributed by atoms with Crippen LogP contribution >= 0.6 is 0 Å². The Morgan fingerprint density at radius 1 is 1.17 bits per heavy atom. The number of rotatable bonds is 8. The van der Waals surface area contributed by atoms with E-state index in [4.69, 9.17) is 9.47 Å². The minimum atomic E-state index is -0.701. The van der Waals surface area contributed by atoms with Gasteiger partial charge in [0.1, 0.15) is 5.75 Å². The molecule has 128 valence electrons. The molecule has 0 unspecified atom stereocenters. The van der Waals surface area contributed by atoms with Gasteiger partial charge in [-0.1, -0.05) is 31.9 Å². The molecule has 0 aliphatic carbocycles.